The molecule has 6 nitrogen and oxygen atoms in total. The van der Waals surface area contributed by atoms with Crippen LogP contribution in [0.15, 0.2) is 56.4 Å². The molecule has 8 heteroatoms. The van der Waals surface area contributed by atoms with Crippen LogP contribution in [0.3, 0.4) is 0 Å². The summed E-state index contributed by atoms with van der Waals surface area (Å²) in [5.41, 5.74) is 0. The standard InChI is InChI=1S/C14H10FN3O3S/c15-9-3-1-4-10(7-9)22-8-12(19)16-14-18-17-13(21-14)11-5-2-6-20-11/h1-7H,8H2,(H,16,18,19). The van der Waals surface area contributed by atoms with Crippen molar-refractivity contribution in [3.05, 3.63) is 48.5 Å². The van der Waals surface area contributed by atoms with Gasteiger partial charge < -0.3 is 8.83 Å². The van der Waals surface area contributed by atoms with E-state index in [1.54, 1.807) is 24.3 Å². The van der Waals surface area contributed by atoms with Gasteiger partial charge in [-0.1, -0.05) is 11.2 Å². The first kappa shape index (κ1) is 14.3. The van der Waals surface area contributed by atoms with Crippen LogP contribution in [0.2, 0.25) is 0 Å². The van der Waals surface area contributed by atoms with Crippen molar-refractivity contribution < 1.29 is 18.0 Å². The Bertz CT molecular complexity index is 773. The van der Waals surface area contributed by atoms with Gasteiger partial charge in [0.1, 0.15) is 5.82 Å². The van der Waals surface area contributed by atoms with E-state index in [1.165, 1.54) is 30.2 Å². The van der Waals surface area contributed by atoms with Crippen LogP contribution in [0, 0.1) is 5.82 Å². The van der Waals surface area contributed by atoms with E-state index in [-0.39, 0.29) is 29.4 Å². The molecule has 2 aromatic heterocycles. The number of benzene rings is 1. The monoisotopic (exact) mass is 319 g/mol. The van der Waals surface area contributed by atoms with Gasteiger partial charge in [-0.2, -0.15) is 0 Å². The molecule has 1 aromatic carbocycles. The minimum Gasteiger partial charge on any atom is -0.459 e. The Morgan fingerprint density at radius 2 is 2.18 bits per heavy atom. The van der Waals surface area contributed by atoms with Crippen LogP contribution in [0.4, 0.5) is 10.4 Å². The maximum atomic E-state index is 13.0. The van der Waals surface area contributed by atoms with Gasteiger partial charge in [-0.25, -0.2) is 4.39 Å². The van der Waals surface area contributed by atoms with Gasteiger partial charge in [0.25, 0.3) is 5.89 Å². The SMILES string of the molecule is O=C(CSc1cccc(F)c1)Nc1nnc(-c2ccco2)o1. The number of hydrogen-bond acceptors (Lipinski definition) is 6. The predicted molar refractivity (Wildman–Crippen MR) is 77.8 cm³/mol. The maximum Gasteiger partial charge on any atom is 0.322 e. The summed E-state index contributed by atoms with van der Waals surface area (Å²) in [6.45, 7) is 0. The summed E-state index contributed by atoms with van der Waals surface area (Å²) in [7, 11) is 0. The first-order valence-electron chi connectivity index (χ1n) is 6.26. The van der Waals surface area contributed by atoms with E-state index in [4.69, 9.17) is 8.83 Å². The first-order chi connectivity index (χ1) is 10.7. The molecule has 0 bridgehead atoms. The Morgan fingerprint density at radius 1 is 1.27 bits per heavy atom. The number of hydrogen-bond donors (Lipinski definition) is 1. The highest BCUT2D eigenvalue weighted by Crippen LogP contribution is 2.21. The molecule has 1 amide bonds. The molecule has 1 N–H and O–H groups in total. The van der Waals surface area contributed by atoms with Gasteiger partial charge in [0, 0.05) is 4.90 Å². The van der Waals surface area contributed by atoms with Crippen molar-refractivity contribution in [3.8, 4) is 11.7 Å². The Kier molecular flexibility index (Phi) is 4.19. The van der Waals surface area contributed by atoms with E-state index in [9.17, 15) is 9.18 Å². The Labute approximate surface area is 128 Å². The summed E-state index contributed by atoms with van der Waals surface area (Å²) in [6.07, 6.45) is 1.48. The van der Waals surface area contributed by atoms with E-state index in [0.29, 0.717) is 10.7 Å². The van der Waals surface area contributed by atoms with Crippen LogP contribution < -0.4 is 5.32 Å². The van der Waals surface area contributed by atoms with Crippen LogP contribution in [0.5, 0.6) is 0 Å². The number of amides is 1. The van der Waals surface area contributed by atoms with Crippen molar-refractivity contribution in [2.24, 2.45) is 0 Å². The quantitative estimate of drug-likeness (QED) is 0.727. The third-order valence-electron chi connectivity index (χ3n) is 2.57. The van der Waals surface area contributed by atoms with Crippen LogP contribution in [0.1, 0.15) is 0 Å². The van der Waals surface area contributed by atoms with Gasteiger partial charge in [0.15, 0.2) is 5.76 Å². The Balaban J connectivity index is 1.56. The van der Waals surface area contributed by atoms with E-state index in [2.05, 4.69) is 15.5 Å². The van der Waals surface area contributed by atoms with Crippen molar-refractivity contribution in [2.45, 2.75) is 4.90 Å². The minimum absolute atomic E-state index is 0.0174. The number of thioether (sulfide) groups is 1. The van der Waals surface area contributed by atoms with Gasteiger partial charge in [0.05, 0.1) is 12.0 Å². The lowest BCUT2D eigenvalue weighted by molar-refractivity contribution is -0.113. The number of carbonyl (C=O) groups is 1. The molecule has 112 valence electrons. The summed E-state index contributed by atoms with van der Waals surface area (Å²) in [6, 6.07) is 9.35. The molecule has 0 unspecified atom stereocenters. The fourth-order valence-electron chi connectivity index (χ4n) is 1.63. The summed E-state index contributed by atoms with van der Waals surface area (Å²) >= 11 is 1.21. The smallest absolute Gasteiger partial charge is 0.322 e. The third kappa shape index (κ3) is 3.53. The number of carbonyl (C=O) groups excluding carboxylic acids is 1. The van der Waals surface area contributed by atoms with E-state index in [0.717, 1.165) is 0 Å². The second-order valence-corrected chi connectivity index (χ2v) is 5.23. The zero-order valence-electron chi connectivity index (χ0n) is 11.2. The summed E-state index contributed by atoms with van der Waals surface area (Å²) < 4.78 is 23.4. The largest absolute Gasteiger partial charge is 0.459 e. The van der Waals surface area contributed by atoms with Crippen LogP contribution in [-0.4, -0.2) is 21.9 Å². The number of anilines is 1. The fraction of sp³-hybridized carbons (Fsp3) is 0.0714. The lowest BCUT2D eigenvalue weighted by Crippen LogP contribution is -2.14. The molecule has 0 spiro atoms. The van der Waals surface area contributed by atoms with Crippen molar-refractivity contribution in [1.29, 1.82) is 0 Å². The number of nitrogens with zero attached hydrogens (tertiary/aromatic N) is 2. The summed E-state index contributed by atoms with van der Waals surface area (Å²) in [5, 5.41) is 9.94. The first-order valence-corrected chi connectivity index (χ1v) is 7.25. The van der Waals surface area contributed by atoms with Crippen molar-refractivity contribution in [1.82, 2.24) is 10.2 Å². The van der Waals surface area contributed by atoms with Crippen LogP contribution >= 0.6 is 11.8 Å². The topological polar surface area (TPSA) is 81.2 Å². The lowest BCUT2D eigenvalue weighted by Gasteiger charge is -2.01. The van der Waals surface area contributed by atoms with E-state index < -0.39 is 0 Å². The van der Waals surface area contributed by atoms with Crippen molar-refractivity contribution >= 4 is 23.7 Å². The molecule has 0 radical (unpaired) electrons. The highest BCUT2D eigenvalue weighted by atomic mass is 32.2. The second kappa shape index (κ2) is 6.44. The normalized spacial score (nSPS) is 10.6. The molecule has 0 aliphatic rings. The fourth-order valence-corrected chi connectivity index (χ4v) is 2.38. The number of halogens is 1. The van der Waals surface area contributed by atoms with Gasteiger partial charge >= 0.3 is 6.01 Å². The summed E-state index contributed by atoms with van der Waals surface area (Å²) in [5.74, 6) is 0.0246. The number of rotatable bonds is 5. The molecule has 3 rings (SSSR count). The van der Waals surface area contributed by atoms with Crippen LogP contribution in [0.25, 0.3) is 11.7 Å². The zero-order valence-corrected chi connectivity index (χ0v) is 12.0. The Hall–Kier alpha value is -2.61. The van der Waals surface area contributed by atoms with Gasteiger partial charge in [-0.3, -0.25) is 10.1 Å². The molecule has 22 heavy (non-hydrogen) atoms. The van der Waals surface area contributed by atoms with Crippen LogP contribution in [-0.2, 0) is 4.79 Å². The van der Waals surface area contributed by atoms with Gasteiger partial charge in [0.2, 0.25) is 5.91 Å². The molecular formula is C14H10FN3O3S. The average molecular weight is 319 g/mol. The molecule has 0 aliphatic heterocycles. The van der Waals surface area contributed by atoms with Crippen molar-refractivity contribution in [3.63, 3.8) is 0 Å². The van der Waals surface area contributed by atoms with Gasteiger partial charge in [-0.05, 0) is 30.3 Å². The molecule has 0 atom stereocenters. The highest BCUT2D eigenvalue weighted by Gasteiger charge is 2.13. The second-order valence-electron chi connectivity index (χ2n) is 4.18. The van der Waals surface area contributed by atoms with E-state index in [1.807, 2.05) is 0 Å². The lowest BCUT2D eigenvalue weighted by atomic mass is 10.4. The minimum atomic E-state index is -0.342. The predicted octanol–water partition coefficient (Wildman–Crippen LogP) is 3.20. The molecule has 0 saturated heterocycles. The zero-order chi connectivity index (χ0) is 15.4. The van der Waals surface area contributed by atoms with Crippen molar-refractivity contribution in [2.75, 3.05) is 11.1 Å². The highest BCUT2D eigenvalue weighted by molar-refractivity contribution is 8.00. The average Bonchev–Trinajstić information content (AvgIpc) is 3.16. The maximum absolute atomic E-state index is 13.0. The molecule has 3 aromatic rings. The molecule has 0 saturated carbocycles. The molecule has 0 fully saturated rings. The molecular weight excluding hydrogens is 309 g/mol. The Morgan fingerprint density at radius 3 is 2.95 bits per heavy atom. The number of nitrogens with one attached hydrogen (secondary N) is 1. The summed E-state index contributed by atoms with van der Waals surface area (Å²) in [4.78, 5) is 12.5. The molecule has 2 heterocycles. The molecule has 0 aliphatic carbocycles. The van der Waals surface area contributed by atoms with E-state index >= 15 is 0 Å². The van der Waals surface area contributed by atoms with Gasteiger partial charge in [-0.15, -0.1) is 16.9 Å². The third-order valence-corrected chi connectivity index (χ3v) is 3.56. The number of furan rings is 1. The number of aromatic nitrogens is 2.